The highest BCUT2D eigenvalue weighted by Gasteiger charge is 2.29. The molecule has 0 aromatic carbocycles. The quantitative estimate of drug-likeness (QED) is 0.436. The lowest BCUT2D eigenvalue weighted by molar-refractivity contribution is 0.0596. The van der Waals surface area contributed by atoms with Gasteiger partial charge in [-0.2, -0.15) is 4.98 Å². The van der Waals surface area contributed by atoms with E-state index in [0.717, 1.165) is 30.6 Å². The van der Waals surface area contributed by atoms with E-state index in [4.69, 9.17) is 27.8 Å². The van der Waals surface area contributed by atoms with Crippen molar-refractivity contribution in [2.45, 2.75) is 25.3 Å². The van der Waals surface area contributed by atoms with Crippen LogP contribution in [0.2, 0.25) is 5.15 Å². The first-order valence-corrected chi connectivity index (χ1v) is 9.17. The van der Waals surface area contributed by atoms with Crippen molar-refractivity contribution in [3.8, 4) is 10.4 Å². The summed E-state index contributed by atoms with van der Waals surface area (Å²) in [4.78, 5) is 24.7. The lowest BCUT2D eigenvalue weighted by atomic mass is 10.1. The minimum atomic E-state index is -0.631. The standard InChI is InChI=1S/C15H19ClN6O3S/c1-25-13(24)9-10(26-15(18)20-9)8-11(16)21-14(17)22-12(8)19-7-3-2-6(4-7)5-23/h6-7,23H,2-5H2,1H3,(H2,18,20)(H3,17,19,21,22)/t6-,7+/m1/s1. The van der Waals surface area contributed by atoms with E-state index in [9.17, 15) is 9.90 Å². The Bertz CT molecular complexity index is 830. The van der Waals surface area contributed by atoms with Crippen LogP contribution in [-0.4, -0.2) is 45.8 Å². The Morgan fingerprint density at radius 2 is 2.15 bits per heavy atom. The van der Waals surface area contributed by atoms with Crippen molar-refractivity contribution < 1.29 is 14.6 Å². The SMILES string of the molecule is COC(=O)c1nc(N)sc1-c1c(Cl)nc(N)nc1N[C@H]1CC[C@@H](CO)C1. The Kier molecular flexibility index (Phi) is 5.44. The van der Waals surface area contributed by atoms with Crippen LogP contribution in [0.4, 0.5) is 16.9 Å². The molecule has 11 heteroatoms. The third-order valence-corrected chi connectivity index (χ3v) is 5.45. The van der Waals surface area contributed by atoms with E-state index in [1.165, 1.54) is 7.11 Å². The Balaban J connectivity index is 2.04. The number of carbonyl (C=O) groups is 1. The molecular formula is C15H19ClN6O3S. The summed E-state index contributed by atoms with van der Waals surface area (Å²) in [7, 11) is 1.26. The number of aromatic nitrogens is 3. The lowest BCUT2D eigenvalue weighted by Gasteiger charge is -2.17. The van der Waals surface area contributed by atoms with E-state index in [2.05, 4.69) is 20.3 Å². The van der Waals surface area contributed by atoms with Crippen molar-refractivity contribution in [2.75, 3.05) is 30.5 Å². The fourth-order valence-electron chi connectivity index (χ4n) is 3.06. The minimum Gasteiger partial charge on any atom is -0.464 e. The largest absolute Gasteiger partial charge is 0.464 e. The highest BCUT2D eigenvalue weighted by molar-refractivity contribution is 7.19. The zero-order valence-electron chi connectivity index (χ0n) is 14.0. The molecule has 2 aromatic heterocycles. The van der Waals surface area contributed by atoms with Gasteiger partial charge in [-0.15, -0.1) is 0 Å². The second-order valence-electron chi connectivity index (χ2n) is 6.02. The fraction of sp³-hybridized carbons (Fsp3) is 0.467. The maximum Gasteiger partial charge on any atom is 0.358 e. The zero-order valence-corrected chi connectivity index (χ0v) is 15.6. The third kappa shape index (κ3) is 3.67. The molecule has 2 aromatic rings. The van der Waals surface area contributed by atoms with Crippen molar-refractivity contribution in [1.29, 1.82) is 0 Å². The predicted octanol–water partition coefficient (Wildman–Crippen LogP) is 1.78. The molecule has 6 N–H and O–H groups in total. The predicted molar refractivity (Wildman–Crippen MR) is 100 cm³/mol. The number of methoxy groups -OCH3 is 1. The molecule has 9 nitrogen and oxygen atoms in total. The molecule has 0 saturated heterocycles. The number of hydrogen-bond donors (Lipinski definition) is 4. The van der Waals surface area contributed by atoms with Crippen LogP contribution in [0, 0.1) is 5.92 Å². The highest BCUT2D eigenvalue weighted by Crippen LogP contribution is 2.41. The van der Waals surface area contributed by atoms with Gasteiger partial charge < -0.3 is 26.6 Å². The average Bonchev–Trinajstić information content (AvgIpc) is 3.20. The van der Waals surface area contributed by atoms with Gasteiger partial charge in [0, 0.05) is 12.6 Å². The van der Waals surface area contributed by atoms with Gasteiger partial charge in [0.2, 0.25) is 5.95 Å². The zero-order chi connectivity index (χ0) is 18.8. The maximum atomic E-state index is 12.0. The number of nitrogens with zero attached hydrogens (tertiary/aromatic N) is 3. The van der Waals surface area contributed by atoms with Gasteiger partial charge in [-0.1, -0.05) is 22.9 Å². The molecule has 3 rings (SSSR count). The van der Waals surface area contributed by atoms with Crippen molar-refractivity contribution >= 4 is 45.8 Å². The molecule has 1 fully saturated rings. The summed E-state index contributed by atoms with van der Waals surface area (Å²) in [5.41, 5.74) is 12.0. The second kappa shape index (κ2) is 7.60. The molecule has 0 bridgehead atoms. The van der Waals surface area contributed by atoms with Crippen LogP contribution in [0.25, 0.3) is 10.4 Å². The molecule has 0 radical (unpaired) electrons. The van der Waals surface area contributed by atoms with E-state index in [1.807, 2.05) is 0 Å². The number of nitrogens with two attached hydrogens (primary N) is 2. The number of rotatable bonds is 5. The summed E-state index contributed by atoms with van der Waals surface area (Å²) in [6.07, 6.45) is 2.59. The highest BCUT2D eigenvalue weighted by atomic mass is 35.5. The maximum absolute atomic E-state index is 12.0. The Morgan fingerprint density at radius 1 is 1.38 bits per heavy atom. The van der Waals surface area contributed by atoms with Gasteiger partial charge in [-0.05, 0) is 25.2 Å². The smallest absolute Gasteiger partial charge is 0.358 e. The number of nitrogen functional groups attached to an aromatic ring is 2. The van der Waals surface area contributed by atoms with Gasteiger partial charge in [0.1, 0.15) is 11.0 Å². The number of anilines is 3. The molecule has 2 atom stereocenters. The summed E-state index contributed by atoms with van der Waals surface area (Å²) >= 11 is 7.40. The van der Waals surface area contributed by atoms with Gasteiger partial charge >= 0.3 is 5.97 Å². The molecule has 0 amide bonds. The number of esters is 1. The molecular weight excluding hydrogens is 380 g/mol. The molecule has 1 saturated carbocycles. The Morgan fingerprint density at radius 3 is 2.81 bits per heavy atom. The van der Waals surface area contributed by atoms with Gasteiger partial charge in [0.25, 0.3) is 0 Å². The van der Waals surface area contributed by atoms with Crippen LogP contribution >= 0.6 is 22.9 Å². The van der Waals surface area contributed by atoms with Crippen LogP contribution in [0.1, 0.15) is 29.8 Å². The van der Waals surface area contributed by atoms with Crippen molar-refractivity contribution in [3.63, 3.8) is 0 Å². The first-order valence-electron chi connectivity index (χ1n) is 7.98. The summed E-state index contributed by atoms with van der Waals surface area (Å²) in [5, 5.41) is 12.9. The van der Waals surface area contributed by atoms with Crippen LogP contribution in [0.3, 0.4) is 0 Å². The van der Waals surface area contributed by atoms with Crippen molar-refractivity contribution in [2.24, 2.45) is 5.92 Å². The third-order valence-electron chi connectivity index (χ3n) is 4.27. The van der Waals surface area contributed by atoms with Gasteiger partial charge in [0.15, 0.2) is 10.8 Å². The van der Waals surface area contributed by atoms with Crippen LogP contribution in [0.15, 0.2) is 0 Å². The Labute approximate surface area is 158 Å². The average molecular weight is 399 g/mol. The molecule has 26 heavy (non-hydrogen) atoms. The van der Waals surface area contributed by atoms with Gasteiger partial charge in [-0.25, -0.2) is 14.8 Å². The van der Waals surface area contributed by atoms with E-state index in [0.29, 0.717) is 16.3 Å². The van der Waals surface area contributed by atoms with Crippen LogP contribution < -0.4 is 16.8 Å². The number of hydrogen-bond acceptors (Lipinski definition) is 10. The molecule has 0 aliphatic heterocycles. The number of halogens is 1. The second-order valence-corrected chi connectivity index (χ2v) is 7.41. The first-order chi connectivity index (χ1) is 12.4. The monoisotopic (exact) mass is 398 g/mol. The number of ether oxygens (including phenoxy) is 1. The summed E-state index contributed by atoms with van der Waals surface area (Å²) in [5.74, 6) is 0.0261. The first kappa shape index (κ1) is 18.6. The van der Waals surface area contributed by atoms with Crippen LogP contribution in [0.5, 0.6) is 0 Å². The minimum absolute atomic E-state index is 0.00932. The summed E-state index contributed by atoms with van der Waals surface area (Å²) < 4.78 is 4.77. The van der Waals surface area contributed by atoms with Gasteiger partial charge in [-0.3, -0.25) is 0 Å². The number of nitrogens with one attached hydrogen (secondary N) is 1. The van der Waals surface area contributed by atoms with Gasteiger partial charge in [0.05, 0.1) is 17.6 Å². The summed E-state index contributed by atoms with van der Waals surface area (Å²) in [6.45, 7) is 0.148. The number of aliphatic hydroxyl groups excluding tert-OH is 1. The molecule has 1 aliphatic carbocycles. The summed E-state index contributed by atoms with van der Waals surface area (Å²) in [6, 6.07) is 0.100. The molecule has 1 aliphatic rings. The number of carbonyl (C=O) groups excluding carboxylic acids is 1. The normalized spacial score (nSPS) is 19.5. The Hall–Kier alpha value is -2.17. The van der Waals surface area contributed by atoms with E-state index in [1.54, 1.807) is 0 Å². The van der Waals surface area contributed by atoms with Crippen molar-refractivity contribution in [3.05, 3.63) is 10.8 Å². The molecule has 140 valence electrons. The van der Waals surface area contributed by atoms with Crippen LogP contribution in [-0.2, 0) is 4.74 Å². The number of thiazole rings is 1. The topological polar surface area (TPSA) is 149 Å². The molecule has 0 spiro atoms. The fourth-order valence-corrected chi connectivity index (χ4v) is 4.26. The van der Waals surface area contributed by atoms with E-state index in [-0.39, 0.29) is 40.5 Å². The van der Waals surface area contributed by atoms with E-state index >= 15 is 0 Å². The molecule has 2 heterocycles. The van der Waals surface area contributed by atoms with E-state index < -0.39 is 5.97 Å². The van der Waals surface area contributed by atoms with Crippen molar-refractivity contribution in [1.82, 2.24) is 15.0 Å². The lowest BCUT2D eigenvalue weighted by Crippen LogP contribution is -2.19. The molecule has 0 unspecified atom stereocenters. The number of aliphatic hydroxyl groups is 1.